The van der Waals surface area contributed by atoms with E-state index in [1.54, 1.807) is 12.1 Å². The van der Waals surface area contributed by atoms with Gasteiger partial charge in [0.1, 0.15) is 0 Å². The number of nitro groups is 1. The summed E-state index contributed by atoms with van der Waals surface area (Å²) in [5, 5.41) is 14.2. The van der Waals surface area contributed by atoms with E-state index in [1.165, 1.54) is 28.8 Å². The normalized spacial score (nSPS) is 10.4. The summed E-state index contributed by atoms with van der Waals surface area (Å²) in [4.78, 5) is 10.4. The molecule has 1 N–H and O–H groups in total. The minimum atomic E-state index is -0.393. The maximum absolute atomic E-state index is 10.8. The molecule has 0 aliphatic rings. The highest BCUT2D eigenvalue weighted by Gasteiger charge is 2.14. The van der Waals surface area contributed by atoms with Crippen molar-refractivity contribution >= 4 is 37.5 Å². The quantitative estimate of drug-likeness (QED) is 0.486. The SMILES string of the molecule is CC(C)=C(Br)c1c(C)cc(C)c(Nc2ccc([N+](=O)[O-])cc2)c1C. The van der Waals surface area contributed by atoms with E-state index in [0.29, 0.717) is 0 Å². The van der Waals surface area contributed by atoms with Crippen molar-refractivity contribution in [1.82, 2.24) is 0 Å². The van der Waals surface area contributed by atoms with Crippen LogP contribution < -0.4 is 5.32 Å². The van der Waals surface area contributed by atoms with Gasteiger partial charge in [-0.05, 0) is 69.0 Å². The molecule has 0 spiro atoms. The highest BCUT2D eigenvalue weighted by Crippen LogP contribution is 2.37. The van der Waals surface area contributed by atoms with Crippen molar-refractivity contribution in [2.45, 2.75) is 34.6 Å². The second-order valence-corrected chi connectivity index (χ2v) is 6.92. The lowest BCUT2D eigenvalue weighted by Crippen LogP contribution is -2.01. The Balaban J connectivity index is 2.49. The highest BCUT2D eigenvalue weighted by molar-refractivity contribution is 9.15. The first-order valence-corrected chi connectivity index (χ1v) is 8.47. The van der Waals surface area contributed by atoms with Crippen LogP contribution in [0.4, 0.5) is 17.1 Å². The number of benzene rings is 2. The summed E-state index contributed by atoms with van der Waals surface area (Å²) in [6.07, 6.45) is 0. The van der Waals surface area contributed by atoms with Crippen LogP contribution in [0.2, 0.25) is 0 Å². The fraction of sp³-hybridized carbons (Fsp3) is 0.263. The lowest BCUT2D eigenvalue weighted by molar-refractivity contribution is -0.384. The first-order chi connectivity index (χ1) is 11.2. The van der Waals surface area contributed by atoms with E-state index in [9.17, 15) is 10.1 Å². The number of rotatable bonds is 4. The minimum Gasteiger partial charge on any atom is -0.355 e. The number of nitrogens with one attached hydrogen (secondary N) is 1. The van der Waals surface area contributed by atoms with Gasteiger partial charge in [-0.3, -0.25) is 10.1 Å². The zero-order valence-electron chi connectivity index (χ0n) is 14.5. The number of aryl methyl sites for hydroxylation is 2. The Morgan fingerprint density at radius 2 is 1.67 bits per heavy atom. The third-order valence-electron chi connectivity index (χ3n) is 3.98. The molecule has 0 aliphatic heterocycles. The van der Waals surface area contributed by atoms with Crippen LogP contribution in [0.1, 0.15) is 36.1 Å². The van der Waals surface area contributed by atoms with E-state index in [0.717, 1.165) is 27.0 Å². The molecule has 4 nitrogen and oxygen atoms in total. The van der Waals surface area contributed by atoms with Crippen LogP contribution in [0.3, 0.4) is 0 Å². The zero-order valence-corrected chi connectivity index (χ0v) is 16.1. The molecule has 0 aliphatic carbocycles. The molecule has 126 valence electrons. The van der Waals surface area contributed by atoms with Crippen LogP contribution in [0.25, 0.3) is 4.48 Å². The number of hydrogen-bond donors (Lipinski definition) is 1. The molecular weight excluding hydrogens is 368 g/mol. The molecule has 0 saturated carbocycles. The van der Waals surface area contributed by atoms with Crippen molar-refractivity contribution in [3.05, 3.63) is 68.3 Å². The monoisotopic (exact) mass is 388 g/mol. The number of hydrogen-bond acceptors (Lipinski definition) is 3. The number of halogens is 1. The highest BCUT2D eigenvalue weighted by atomic mass is 79.9. The van der Waals surface area contributed by atoms with Crippen LogP contribution in [0.5, 0.6) is 0 Å². The molecule has 5 heteroatoms. The Labute approximate surface area is 150 Å². The van der Waals surface area contributed by atoms with Gasteiger partial charge in [-0.15, -0.1) is 0 Å². The third-order valence-corrected chi connectivity index (χ3v) is 5.17. The van der Waals surface area contributed by atoms with Gasteiger partial charge in [0.05, 0.1) is 4.92 Å². The second-order valence-electron chi connectivity index (χ2n) is 6.13. The molecule has 0 radical (unpaired) electrons. The lowest BCUT2D eigenvalue weighted by Gasteiger charge is -2.19. The van der Waals surface area contributed by atoms with Crippen molar-refractivity contribution in [2.24, 2.45) is 0 Å². The summed E-state index contributed by atoms with van der Waals surface area (Å²) < 4.78 is 1.10. The fourth-order valence-electron chi connectivity index (χ4n) is 2.78. The van der Waals surface area contributed by atoms with Gasteiger partial charge >= 0.3 is 0 Å². The van der Waals surface area contributed by atoms with Crippen LogP contribution in [0, 0.1) is 30.9 Å². The number of anilines is 2. The van der Waals surface area contributed by atoms with Crippen LogP contribution in [0.15, 0.2) is 35.9 Å². The molecule has 2 aromatic rings. The predicted octanol–water partition coefficient (Wildman–Crippen LogP) is 6.41. The van der Waals surface area contributed by atoms with Gasteiger partial charge < -0.3 is 5.32 Å². The summed E-state index contributed by atoms with van der Waals surface area (Å²) in [7, 11) is 0. The van der Waals surface area contributed by atoms with Crippen LogP contribution in [-0.2, 0) is 0 Å². The van der Waals surface area contributed by atoms with Crippen LogP contribution in [-0.4, -0.2) is 4.92 Å². The van der Waals surface area contributed by atoms with Crippen molar-refractivity contribution in [2.75, 3.05) is 5.32 Å². The molecule has 0 bridgehead atoms. The number of non-ortho nitro benzene ring substituents is 1. The Bertz CT molecular complexity index is 820. The molecular formula is C19H21BrN2O2. The van der Waals surface area contributed by atoms with E-state index >= 15 is 0 Å². The van der Waals surface area contributed by atoms with E-state index in [2.05, 4.69) is 61.9 Å². The molecule has 0 unspecified atom stereocenters. The molecule has 0 fully saturated rings. The summed E-state index contributed by atoms with van der Waals surface area (Å²) >= 11 is 3.70. The minimum absolute atomic E-state index is 0.0888. The molecule has 2 rings (SSSR count). The van der Waals surface area contributed by atoms with Crippen molar-refractivity contribution in [1.29, 1.82) is 0 Å². The number of nitro benzene ring substituents is 1. The summed E-state index contributed by atoms with van der Waals surface area (Å²) in [6.45, 7) is 10.4. The van der Waals surface area contributed by atoms with Crippen molar-refractivity contribution in [3.8, 4) is 0 Å². The Morgan fingerprint density at radius 1 is 1.08 bits per heavy atom. The molecule has 0 aromatic heterocycles. The molecule has 0 atom stereocenters. The Hall–Kier alpha value is -2.14. The maximum Gasteiger partial charge on any atom is 0.269 e. The number of nitrogens with zero attached hydrogens (tertiary/aromatic N) is 1. The first kappa shape index (κ1) is 18.2. The smallest absolute Gasteiger partial charge is 0.269 e. The molecule has 0 heterocycles. The topological polar surface area (TPSA) is 55.2 Å². The van der Waals surface area contributed by atoms with Gasteiger partial charge in [0.25, 0.3) is 5.69 Å². The number of allylic oxidation sites excluding steroid dienone is 1. The molecule has 0 amide bonds. The van der Waals surface area contributed by atoms with Gasteiger partial charge in [-0.25, -0.2) is 0 Å². The average molecular weight is 389 g/mol. The first-order valence-electron chi connectivity index (χ1n) is 7.68. The van der Waals surface area contributed by atoms with Gasteiger partial charge in [0.15, 0.2) is 0 Å². The van der Waals surface area contributed by atoms with E-state index in [4.69, 9.17) is 0 Å². The van der Waals surface area contributed by atoms with Gasteiger partial charge in [-0.1, -0.05) is 27.6 Å². The van der Waals surface area contributed by atoms with Crippen molar-refractivity contribution in [3.63, 3.8) is 0 Å². The second kappa shape index (κ2) is 7.18. The summed E-state index contributed by atoms with van der Waals surface area (Å²) in [5.74, 6) is 0. The Kier molecular flexibility index (Phi) is 5.44. The van der Waals surface area contributed by atoms with Gasteiger partial charge in [0.2, 0.25) is 0 Å². The van der Waals surface area contributed by atoms with Gasteiger partial charge in [0, 0.05) is 28.0 Å². The van der Waals surface area contributed by atoms with Crippen molar-refractivity contribution < 1.29 is 4.92 Å². The lowest BCUT2D eigenvalue weighted by atomic mass is 9.95. The fourth-order valence-corrected chi connectivity index (χ4v) is 3.39. The zero-order chi connectivity index (χ0) is 18.0. The average Bonchev–Trinajstić information content (AvgIpc) is 2.51. The predicted molar refractivity (Wildman–Crippen MR) is 104 cm³/mol. The summed E-state index contributed by atoms with van der Waals surface area (Å²) in [6, 6.07) is 8.63. The van der Waals surface area contributed by atoms with E-state index < -0.39 is 4.92 Å². The third kappa shape index (κ3) is 3.67. The van der Waals surface area contributed by atoms with Gasteiger partial charge in [-0.2, -0.15) is 0 Å². The molecule has 24 heavy (non-hydrogen) atoms. The summed E-state index contributed by atoms with van der Waals surface area (Å²) in [5.41, 5.74) is 7.85. The Morgan fingerprint density at radius 3 is 2.17 bits per heavy atom. The standard InChI is InChI=1S/C19H21BrN2O2/c1-11(2)18(20)17-12(3)10-13(4)19(14(17)5)21-15-6-8-16(9-7-15)22(23)24/h6-10,21H,1-5H3. The maximum atomic E-state index is 10.8. The van der Waals surface area contributed by atoms with E-state index in [-0.39, 0.29) is 5.69 Å². The molecule has 2 aromatic carbocycles. The molecule has 0 saturated heterocycles. The van der Waals surface area contributed by atoms with Crippen LogP contribution >= 0.6 is 15.9 Å². The largest absolute Gasteiger partial charge is 0.355 e. The van der Waals surface area contributed by atoms with E-state index in [1.807, 2.05) is 0 Å².